The van der Waals surface area contributed by atoms with Gasteiger partial charge in [-0.25, -0.2) is 0 Å². The molecule has 0 aromatic heterocycles. The largest absolute Gasteiger partial charge is 0.508 e. The van der Waals surface area contributed by atoms with Crippen molar-refractivity contribution in [1.82, 2.24) is 5.32 Å². The van der Waals surface area contributed by atoms with Gasteiger partial charge in [0.25, 0.3) is 0 Å². The zero-order valence-corrected chi connectivity index (χ0v) is 22.2. The number of nitrogens with one attached hydrogen (secondary N) is 1. The van der Waals surface area contributed by atoms with E-state index in [0.29, 0.717) is 5.92 Å². The summed E-state index contributed by atoms with van der Waals surface area (Å²) in [5.74, 6) is 0.875. The van der Waals surface area contributed by atoms with Crippen LogP contribution in [-0.4, -0.2) is 29.4 Å². The lowest BCUT2D eigenvalue weighted by Gasteiger charge is -2.21. The fraction of sp³-hybridized carbons (Fsp3) is 0.394. The first-order valence-electron chi connectivity index (χ1n) is 13.5. The molecule has 192 valence electrons. The second-order valence-corrected chi connectivity index (χ2v) is 9.80. The van der Waals surface area contributed by atoms with Gasteiger partial charge < -0.3 is 15.5 Å². The van der Waals surface area contributed by atoms with Crippen molar-refractivity contribution in [1.29, 1.82) is 0 Å². The monoisotopic (exact) mass is 485 g/mol. The molecule has 2 aromatic carbocycles. The van der Waals surface area contributed by atoms with Crippen molar-refractivity contribution in [3.8, 4) is 5.75 Å². The molecule has 1 aliphatic carbocycles. The number of hydrogen-bond donors (Lipinski definition) is 3. The second-order valence-electron chi connectivity index (χ2n) is 9.80. The maximum absolute atomic E-state index is 9.88. The maximum Gasteiger partial charge on any atom is 0.115 e. The van der Waals surface area contributed by atoms with E-state index in [-0.39, 0.29) is 18.3 Å². The molecule has 36 heavy (non-hydrogen) atoms. The lowest BCUT2D eigenvalue weighted by molar-refractivity contribution is 0.271. The van der Waals surface area contributed by atoms with E-state index in [4.69, 9.17) is 0 Å². The van der Waals surface area contributed by atoms with Gasteiger partial charge in [-0.3, -0.25) is 0 Å². The van der Waals surface area contributed by atoms with Gasteiger partial charge in [0.2, 0.25) is 0 Å². The zero-order chi connectivity index (χ0) is 25.8. The van der Waals surface area contributed by atoms with Crippen molar-refractivity contribution in [3.63, 3.8) is 0 Å². The fourth-order valence-corrected chi connectivity index (χ4v) is 4.55. The Kier molecular flexibility index (Phi) is 11.3. The molecule has 3 N–H and O–H groups in total. The van der Waals surface area contributed by atoms with Crippen molar-refractivity contribution in [2.24, 2.45) is 11.8 Å². The Morgan fingerprint density at radius 2 is 1.61 bits per heavy atom. The van der Waals surface area contributed by atoms with Crippen LogP contribution < -0.4 is 5.32 Å². The summed E-state index contributed by atoms with van der Waals surface area (Å²) < 4.78 is 0. The molecule has 0 bridgehead atoms. The highest BCUT2D eigenvalue weighted by Crippen LogP contribution is 2.32. The first-order valence-corrected chi connectivity index (χ1v) is 13.5. The third-order valence-electron chi connectivity index (χ3n) is 6.97. The predicted molar refractivity (Wildman–Crippen MR) is 154 cm³/mol. The van der Waals surface area contributed by atoms with Gasteiger partial charge >= 0.3 is 0 Å². The number of hydrogen-bond acceptors (Lipinski definition) is 3. The average molecular weight is 486 g/mol. The first kappa shape index (κ1) is 27.7. The van der Waals surface area contributed by atoms with E-state index in [1.807, 2.05) is 25.1 Å². The minimum absolute atomic E-state index is 0.195. The molecule has 0 spiro atoms. The zero-order valence-electron chi connectivity index (χ0n) is 22.2. The van der Waals surface area contributed by atoms with E-state index in [1.54, 1.807) is 12.1 Å². The van der Waals surface area contributed by atoms with Crippen LogP contribution in [0.5, 0.6) is 5.75 Å². The molecule has 1 saturated carbocycles. The number of allylic oxidation sites excluding steroid dienone is 6. The molecule has 2 atom stereocenters. The molecule has 1 aliphatic rings. The Balaban J connectivity index is 1.91. The first-order chi connectivity index (χ1) is 17.5. The van der Waals surface area contributed by atoms with Gasteiger partial charge in [0.15, 0.2) is 0 Å². The van der Waals surface area contributed by atoms with Crippen LogP contribution in [0, 0.1) is 11.8 Å². The lowest BCUT2D eigenvalue weighted by atomic mass is 9.84. The molecular weight excluding hydrogens is 442 g/mol. The summed E-state index contributed by atoms with van der Waals surface area (Å²) in [6, 6.07) is 17.1. The molecule has 2 aromatic rings. The van der Waals surface area contributed by atoms with Crippen LogP contribution in [0.4, 0.5) is 0 Å². The van der Waals surface area contributed by atoms with Gasteiger partial charge in [0.05, 0.1) is 0 Å². The van der Waals surface area contributed by atoms with Crippen LogP contribution in [0.3, 0.4) is 0 Å². The molecule has 0 saturated heterocycles. The summed E-state index contributed by atoms with van der Waals surface area (Å²) in [5, 5.41) is 23.0. The summed E-state index contributed by atoms with van der Waals surface area (Å²) in [6.07, 6.45) is 18.4. The van der Waals surface area contributed by atoms with Gasteiger partial charge in [0.1, 0.15) is 5.75 Å². The highest BCUT2D eigenvalue weighted by molar-refractivity contribution is 5.81. The Hall–Kier alpha value is -2.88. The number of aliphatic hydroxyl groups is 1. The van der Waals surface area contributed by atoms with E-state index in [1.165, 1.54) is 24.0 Å². The molecule has 0 radical (unpaired) electrons. The van der Waals surface area contributed by atoms with Crippen molar-refractivity contribution < 1.29 is 10.2 Å². The third kappa shape index (κ3) is 8.65. The molecule has 0 amide bonds. The van der Waals surface area contributed by atoms with Crippen LogP contribution >= 0.6 is 0 Å². The molecule has 0 heterocycles. The van der Waals surface area contributed by atoms with Crippen LogP contribution in [0.2, 0.25) is 0 Å². The summed E-state index contributed by atoms with van der Waals surface area (Å²) in [5.41, 5.74) is 6.04. The van der Waals surface area contributed by atoms with Crippen LogP contribution in [0.1, 0.15) is 69.6 Å². The Bertz CT molecular complexity index is 1040. The Morgan fingerprint density at radius 3 is 2.19 bits per heavy atom. The highest BCUT2D eigenvalue weighted by Gasteiger charge is 2.20. The van der Waals surface area contributed by atoms with Crippen LogP contribution in [0.25, 0.3) is 11.1 Å². The second kappa shape index (κ2) is 14.6. The predicted octanol–water partition coefficient (Wildman–Crippen LogP) is 7.53. The Morgan fingerprint density at radius 1 is 0.972 bits per heavy atom. The number of benzene rings is 2. The fourth-order valence-electron chi connectivity index (χ4n) is 4.55. The quantitative estimate of drug-likeness (QED) is 0.242. The Labute approximate surface area is 218 Å². The summed E-state index contributed by atoms with van der Waals surface area (Å²) in [6.45, 7) is 7.60. The van der Waals surface area contributed by atoms with Gasteiger partial charge in [-0.2, -0.15) is 0 Å². The number of phenolic OH excluding ortho intramolecular Hbond substituents is 1. The minimum atomic E-state index is 0.195. The molecule has 2 unspecified atom stereocenters. The van der Waals surface area contributed by atoms with E-state index in [0.717, 1.165) is 48.5 Å². The summed E-state index contributed by atoms with van der Waals surface area (Å²) in [4.78, 5) is 0. The van der Waals surface area contributed by atoms with Crippen molar-refractivity contribution in [2.75, 3.05) is 13.2 Å². The molecular formula is C33H43NO2. The third-order valence-corrected chi connectivity index (χ3v) is 6.97. The van der Waals surface area contributed by atoms with Gasteiger partial charge in [-0.1, -0.05) is 79.8 Å². The van der Waals surface area contributed by atoms with Crippen molar-refractivity contribution in [3.05, 3.63) is 102 Å². The van der Waals surface area contributed by atoms with E-state index < -0.39 is 0 Å². The number of aliphatic hydroxyl groups excluding tert-OH is 1. The van der Waals surface area contributed by atoms with Crippen molar-refractivity contribution >= 4 is 11.1 Å². The van der Waals surface area contributed by atoms with Crippen LogP contribution in [0.15, 0.2) is 85.0 Å². The molecule has 3 heteroatoms. The smallest absolute Gasteiger partial charge is 0.115 e. The van der Waals surface area contributed by atoms with Gasteiger partial charge in [-0.05, 0) is 104 Å². The number of aromatic hydroxyl groups is 1. The van der Waals surface area contributed by atoms with E-state index in [9.17, 15) is 10.2 Å². The van der Waals surface area contributed by atoms with Gasteiger partial charge in [0, 0.05) is 12.6 Å². The lowest BCUT2D eigenvalue weighted by Crippen LogP contribution is -2.17. The standard InChI is InChI=1S/C33H43NO2/c1-4-6-7-9-25(3)30(10-8-23-35)24-33(29-15-19-32(36)20-16-29)28-13-11-27(12-14-28)26(5-2)21-22-34-31-17-18-31/h4-7,9,11-16,19-20,24-25,30-31,34-36H,8,10,17-18,21-23H2,1-3H3/b6-4-,9-7-,26-5+,33-24?. The van der Waals surface area contributed by atoms with E-state index in [2.05, 4.69) is 73.8 Å². The molecule has 1 fully saturated rings. The molecule has 0 aliphatic heterocycles. The molecule has 3 nitrogen and oxygen atoms in total. The number of rotatable bonds is 14. The highest BCUT2D eigenvalue weighted by atomic mass is 16.3. The van der Waals surface area contributed by atoms with Gasteiger partial charge in [-0.15, -0.1) is 0 Å². The SMILES string of the molecule is C/C=C\C=C/C(C)C(C=C(c1ccc(O)cc1)c1ccc(/C(=C/C)CCNC2CC2)cc1)CCCO. The average Bonchev–Trinajstić information content (AvgIpc) is 3.72. The molecule has 3 rings (SSSR count). The summed E-state index contributed by atoms with van der Waals surface area (Å²) >= 11 is 0. The van der Waals surface area contributed by atoms with Crippen LogP contribution in [-0.2, 0) is 0 Å². The maximum atomic E-state index is 9.88. The minimum Gasteiger partial charge on any atom is -0.508 e. The number of phenols is 1. The topological polar surface area (TPSA) is 52.5 Å². The van der Waals surface area contributed by atoms with E-state index >= 15 is 0 Å². The normalized spacial score (nSPS) is 16.7. The summed E-state index contributed by atoms with van der Waals surface area (Å²) in [7, 11) is 0. The van der Waals surface area contributed by atoms with Crippen molar-refractivity contribution in [2.45, 2.75) is 58.9 Å².